The monoisotopic (exact) mass is 297 g/mol. The third-order valence-electron chi connectivity index (χ3n) is 3.69. The molecule has 1 atom stereocenters. The fourth-order valence-corrected chi connectivity index (χ4v) is 2.58. The molecule has 0 bridgehead atoms. The van der Waals surface area contributed by atoms with Crippen LogP contribution in [-0.4, -0.2) is 19.1 Å². The van der Waals surface area contributed by atoms with Gasteiger partial charge in [-0.2, -0.15) is 0 Å². The van der Waals surface area contributed by atoms with Crippen molar-refractivity contribution in [3.63, 3.8) is 0 Å². The number of amides is 1. The fraction of sp³-hybridized carbons (Fsp3) is 0.278. The van der Waals surface area contributed by atoms with Crippen LogP contribution in [0.5, 0.6) is 11.5 Å². The lowest BCUT2D eigenvalue weighted by Crippen LogP contribution is -2.32. The van der Waals surface area contributed by atoms with E-state index >= 15 is 0 Å². The van der Waals surface area contributed by atoms with Crippen molar-refractivity contribution in [2.24, 2.45) is 5.92 Å². The first-order valence-corrected chi connectivity index (χ1v) is 7.51. The first kappa shape index (κ1) is 14.4. The maximum atomic E-state index is 12.5. The summed E-state index contributed by atoms with van der Waals surface area (Å²) >= 11 is 0. The summed E-state index contributed by atoms with van der Waals surface area (Å²) in [4.78, 5) is 12.5. The quantitative estimate of drug-likeness (QED) is 0.942. The number of hydrogen-bond acceptors (Lipinski definition) is 3. The summed E-state index contributed by atoms with van der Waals surface area (Å²) in [6, 6.07) is 15.3. The molecule has 1 aliphatic heterocycles. The lowest BCUT2D eigenvalue weighted by molar-refractivity contribution is -0.121. The van der Waals surface area contributed by atoms with E-state index in [1.807, 2.05) is 55.5 Å². The summed E-state index contributed by atoms with van der Waals surface area (Å²) in [5, 5.41) is 2.95. The minimum atomic E-state index is -0.190. The van der Waals surface area contributed by atoms with Crippen LogP contribution in [0.4, 0.5) is 5.69 Å². The number of nitrogens with one attached hydrogen (secondary N) is 1. The first-order valence-electron chi connectivity index (χ1n) is 7.51. The van der Waals surface area contributed by atoms with E-state index in [2.05, 4.69) is 5.32 Å². The van der Waals surface area contributed by atoms with Gasteiger partial charge in [-0.05, 0) is 37.1 Å². The van der Waals surface area contributed by atoms with Gasteiger partial charge in [-0.25, -0.2) is 0 Å². The second-order valence-corrected chi connectivity index (χ2v) is 5.24. The smallest absolute Gasteiger partial charge is 0.231 e. The minimum absolute atomic E-state index is 0.0401. The van der Waals surface area contributed by atoms with Gasteiger partial charge in [0.05, 0.1) is 18.2 Å². The van der Waals surface area contributed by atoms with Crippen molar-refractivity contribution in [2.75, 3.05) is 18.5 Å². The zero-order valence-electron chi connectivity index (χ0n) is 12.5. The maximum Gasteiger partial charge on any atom is 0.231 e. The van der Waals surface area contributed by atoms with Gasteiger partial charge in [0.2, 0.25) is 5.91 Å². The van der Waals surface area contributed by atoms with E-state index in [1.54, 1.807) is 0 Å². The van der Waals surface area contributed by atoms with Crippen LogP contribution in [0, 0.1) is 5.92 Å². The van der Waals surface area contributed by atoms with Crippen LogP contribution in [0.3, 0.4) is 0 Å². The van der Waals surface area contributed by atoms with Gasteiger partial charge in [-0.1, -0.05) is 30.3 Å². The van der Waals surface area contributed by atoms with Crippen LogP contribution in [0.25, 0.3) is 0 Å². The zero-order chi connectivity index (χ0) is 15.4. The molecule has 0 radical (unpaired) electrons. The number of carbonyl (C=O) groups is 1. The van der Waals surface area contributed by atoms with Crippen LogP contribution >= 0.6 is 0 Å². The van der Waals surface area contributed by atoms with Gasteiger partial charge in [0.15, 0.2) is 0 Å². The van der Waals surface area contributed by atoms with Crippen LogP contribution in [0.2, 0.25) is 0 Å². The Labute approximate surface area is 130 Å². The van der Waals surface area contributed by atoms with E-state index in [9.17, 15) is 4.79 Å². The fourth-order valence-electron chi connectivity index (χ4n) is 2.58. The number of fused-ring (bicyclic) bond motifs is 1. The van der Waals surface area contributed by atoms with Gasteiger partial charge in [0, 0.05) is 0 Å². The highest BCUT2D eigenvalue weighted by Gasteiger charge is 2.26. The highest BCUT2D eigenvalue weighted by molar-refractivity contribution is 5.94. The molecule has 114 valence electrons. The zero-order valence-corrected chi connectivity index (χ0v) is 12.5. The number of para-hydroxylation sites is 3. The van der Waals surface area contributed by atoms with E-state index in [-0.39, 0.29) is 11.8 Å². The van der Waals surface area contributed by atoms with Crippen molar-refractivity contribution in [1.29, 1.82) is 0 Å². The first-order chi connectivity index (χ1) is 10.8. The molecule has 0 saturated carbocycles. The Kier molecular flexibility index (Phi) is 4.28. The molecule has 0 aliphatic carbocycles. The second-order valence-electron chi connectivity index (χ2n) is 5.24. The Morgan fingerprint density at radius 3 is 2.86 bits per heavy atom. The summed E-state index contributed by atoms with van der Waals surface area (Å²) in [6.45, 7) is 2.89. The third-order valence-corrected chi connectivity index (χ3v) is 3.69. The molecule has 2 aromatic rings. The lowest BCUT2D eigenvalue weighted by atomic mass is 9.96. The van der Waals surface area contributed by atoms with Gasteiger partial charge >= 0.3 is 0 Å². The Morgan fingerprint density at radius 2 is 2.00 bits per heavy atom. The van der Waals surface area contributed by atoms with Crippen molar-refractivity contribution in [3.8, 4) is 11.5 Å². The average molecular weight is 297 g/mol. The molecule has 0 aromatic heterocycles. The van der Waals surface area contributed by atoms with E-state index in [1.165, 1.54) is 0 Å². The van der Waals surface area contributed by atoms with Crippen LogP contribution < -0.4 is 14.8 Å². The van der Waals surface area contributed by atoms with E-state index in [4.69, 9.17) is 9.47 Å². The molecule has 2 aromatic carbocycles. The molecule has 0 saturated heterocycles. The highest BCUT2D eigenvalue weighted by Crippen LogP contribution is 2.29. The largest absolute Gasteiger partial charge is 0.492 e. The molecular weight excluding hydrogens is 278 g/mol. The summed E-state index contributed by atoms with van der Waals surface area (Å²) in [5.41, 5.74) is 1.78. The lowest BCUT2D eigenvalue weighted by Gasteiger charge is -2.24. The highest BCUT2D eigenvalue weighted by atomic mass is 16.5. The maximum absolute atomic E-state index is 12.5. The number of hydrogen-bond donors (Lipinski definition) is 1. The second kappa shape index (κ2) is 6.52. The Bertz CT molecular complexity index is 669. The molecule has 1 amide bonds. The van der Waals surface area contributed by atoms with Crippen LogP contribution in [0.1, 0.15) is 12.5 Å². The molecule has 1 N–H and O–H groups in total. The predicted molar refractivity (Wildman–Crippen MR) is 85.4 cm³/mol. The van der Waals surface area contributed by atoms with Gasteiger partial charge in [0.1, 0.15) is 18.1 Å². The molecule has 0 spiro atoms. The van der Waals surface area contributed by atoms with Gasteiger partial charge in [-0.15, -0.1) is 0 Å². The number of benzene rings is 2. The third kappa shape index (κ3) is 3.06. The normalized spacial score (nSPS) is 16.3. The van der Waals surface area contributed by atoms with Gasteiger partial charge < -0.3 is 14.8 Å². The van der Waals surface area contributed by atoms with Crippen LogP contribution in [0.15, 0.2) is 48.5 Å². The van der Waals surface area contributed by atoms with Crippen molar-refractivity contribution in [3.05, 3.63) is 54.1 Å². The van der Waals surface area contributed by atoms with Crippen LogP contribution in [-0.2, 0) is 11.2 Å². The standard InChI is InChI=1S/C18H19NO3/c1-2-21-17-10-6-4-8-15(17)19-18(20)14-11-13-7-3-5-9-16(13)22-12-14/h3-10,14H,2,11-12H2,1H3,(H,19,20)/t14-/m0/s1. The molecule has 22 heavy (non-hydrogen) atoms. The SMILES string of the molecule is CCOc1ccccc1NC(=O)[C@@H]1COc2ccccc2C1. The molecule has 0 unspecified atom stereocenters. The molecular formula is C18H19NO3. The number of carbonyl (C=O) groups excluding carboxylic acids is 1. The summed E-state index contributed by atoms with van der Waals surface area (Å²) in [6.07, 6.45) is 0.693. The average Bonchev–Trinajstić information content (AvgIpc) is 2.56. The number of rotatable bonds is 4. The topological polar surface area (TPSA) is 47.6 Å². The number of anilines is 1. The van der Waals surface area contributed by atoms with Crippen molar-refractivity contribution in [1.82, 2.24) is 0 Å². The molecule has 0 fully saturated rings. The molecule has 4 heteroatoms. The minimum Gasteiger partial charge on any atom is -0.492 e. The molecule has 1 aliphatic rings. The van der Waals surface area contributed by atoms with E-state index in [0.29, 0.717) is 31.1 Å². The summed E-state index contributed by atoms with van der Waals surface area (Å²) in [5.74, 6) is 1.34. The summed E-state index contributed by atoms with van der Waals surface area (Å²) < 4.78 is 11.2. The Hall–Kier alpha value is -2.49. The van der Waals surface area contributed by atoms with Crippen molar-refractivity contribution < 1.29 is 14.3 Å². The van der Waals surface area contributed by atoms with E-state index < -0.39 is 0 Å². The Morgan fingerprint density at radius 1 is 1.23 bits per heavy atom. The van der Waals surface area contributed by atoms with Gasteiger partial charge in [-0.3, -0.25) is 4.79 Å². The summed E-state index contributed by atoms with van der Waals surface area (Å²) in [7, 11) is 0. The number of ether oxygens (including phenoxy) is 2. The Balaban J connectivity index is 1.71. The molecule has 3 rings (SSSR count). The molecule has 1 heterocycles. The van der Waals surface area contributed by atoms with Gasteiger partial charge in [0.25, 0.3) is 0 Å². The molecule has 4 nitrogen and oxygen atoms in total. The van der Waals surface area contributed by atoms with Crippen molar-refractivity contribution >= 4 is 11.6 Å². The van der Waals surface area contributed by atoms with E-state index in [0.717, 1.165) is 11.3 Å². The predicted octanol–water partition coefficient (Wildman–Crippen LogP) is 3.28. The van der Waals surface area contributed by atoms with Crippen molar-refractivity contribution in [2.45, 2.75) is 13.3 Å².